The number of carbonyl (C=O) groups is 1. The minimum Gasteiger partial charge on any atom is -0.464 e. The summed E-state index contributed by atoms with van der Waals surface area (Å²) in [6, 6.07) is 0.567. The lowest BCUT2D eigenvalue weighted by molar-refractivity contribution is -0.148. The highest BCUT2D eigenvalue weighted by Gasteiger charge is 2.31. The van der Waals surface area contributed by atoms with Crippen molar-refractivity contribution in [3.8, 4) is 0 Å². The van der Waals surface area contributed by atoms with Crippen molar-refractivity contribution in [1.29, 1.82) is 0 Å². The van der Waals surface area contributed by atoms with Crippen LogP contribution in [0.5, 0.6) is 0 Å². The molecule has 1 saturated carbocycles. The lowest BCUT2D eigenvalue weighted by atomic mass is 9.73. The van der Waals surface area contributed by atoms with E-state index in [2.05, 4.69) is 19.2 Å². The molecule has 0 radical (unpaired) electrons. The maximum Gasteiger partial charge on any atom is 0.332 e. The van der Waals surface area contributed by atoms with Gasteiger partial charge in [-0.05, 0) is 25.2 Å². The Morgan fingerprint density at radius 1 is 1.39 bits per heavy atom. The number of hydrogen-bond donors (Lipinski definition) is 1. The summed E-state index contributed by atoms with van der Waals surface area (Å²) in [6.07, 6.45) is 5.18. The lowest BCUT2D eigenvalue weighted by Crippen LogP contribution is -2.45. The third kappa shape index (κ3) is 5.36. The van der Waals surface area contributed by atoms with E-state index < -0.39 is 0 Å². The Bertz CT molecular complexity index is 253. The summed E-state index contributed by atoms with van der Waals surface area (Å²) in [5.74, 6) is -0.282. The second kappa shape index (κ2) is 7.74. The first-order valence-corrected chi connectivity index (χ1v) is 7.03. The van der Waals surface area contributed by atoms with E-state index in [1.807, 2.05) is 0 Å². The van der Waals surface area contributed by atoms with Crippen molar-refractivity contribution in [3.63, 3.8) is 0 Å². The Hall–Kier alpha value is -0.610. The summed E-state index contributed by atoms with van der Waals surface area (Å²) in [7, 11) is 0. The van der Waals surface area contributed by atoms with Gasteiger partial charge in [-0.3, -0.25) is 0 Å². The van der Waals surface area contributed by atoms with Crippen molar-refractivity contribution in [2.75, 3.05) is 26.4 Å². The van der Waals surface area contributed by atoms with E-state index in [0.717, 1.165) is 6.54 Å². The van der Waals surface area contributed by atoms with Crippen molar-refractivity contribution in [2.24, 2.45) is 5.41 Å². The van der Waals surface area contributed by atoms with Gasteiger partial charge in [0.05, 0.1) is 13.2 Å². The Labute approximate surface area is 110 Å². The van der Waals surface area contributed by atoms with Gasteiger partial charge >= 0.3 is 5.97 Å². The molecule has 0 aromatic rings. The van der Waals surface area contributed by atoms with Gasteiger partial charge in [-0.25, -0.2) is 4.79 Å². The van der Waals surface area contributed by atoms with Gasteiger partial charge in [0.15, 0.2) is 0 Å². The van der Waals surface area contributed by atoms with Crippen molar-refractivity contribution < 1.29 is 14.3 Å². The lowest BCUT2D eigenvalue weighted by Gasteiger charge is -2.39. The zero-order valence-electron chi connectivity index (χ0n) is 12.0. The molecule has 106 valence electrons. The van der Waals surface area contributed by atoms with E-state index in [1.165, 1.54) is 25.7 Å². The molecule has 0 aromatic carbocycles. The van der Waals surface area contributed by atoms with Gasteiger partial charge in [-0.15, -0.1) is 0 Å². The smallest absolute Gasteiger partial charge is 0.332 e. The first-order chi connectivity index (χ1) is 8.56. The molecule has 4 nitrogen and oxygen atoms in total. The van der Waals surface area contributed by atoms with Gasteiger partial charge in [0, 0.05) is 12.6 Å². The maximum absolute atomic E-state index is 11.0. The van der Waals surface area contributed by atoms with Gasteiger partial charge in [0.25, 0.3) is 0 Å². The number of carbonyl (C=O) groups excluding carboxylic acids is 1. The molecule has 0 amide bonds. The van der Waals surface area contributed by atoms with Crippen LogP contribution in [0.3, 0.4) is 0 Å². The Kier molecular flexibility index (Phi) is 6.65. The third-order valence-electron chi connectivity index (χ3n) is 3.67. The Morgan fingerprint density at radius 3 is 2.83 bits per heavy atom. The van der Waals surface area contributed by atoms with Crippen molar-refractivity contribution >= 4 is 5.97 Å². The third-order valence-corrected chi connectivity index (χ3v) is 3.67. The molecule has 1 N–H and O–H groups in total. The van der Waals surface area contributed by atoms with Crippen LogP contribution in [-0.2, 0) is 14.3 Å². The summed E-state index contributed by atoms with van der Waals surface area (Å²) in [4.78, 5) is 11.0. The molecular formula is C14H27NO3. The molecule has 1 unspecified atom stereocenters. The zero-order chi connectivity index (χ0) is 13.4. The second-order valence-electron chi connectivity index (χ2n) is 5.60. The van der Waals surface area contributed by atoms with Crippen LogP contribution in [0.2, 0.25) is 0 Å². The molecule has 0 bridgehead atoms. The predicted molar refractivity (Wildman–Crippen MR) is 71.5 cm³/mol. The molecule has 0 spiro atoms. The highest BCUT2D eigenvalue weighted by atomic mass is 16.6. The normalized spacial score (nSPS) is 22.7. The van der Waals surface area contributed by atoms with Crippen LogP contribution < -0.4 is 5.32 Å². The van der Waals surface area contributed by atoms with Gasteiger partial charge in [-0.2, -0.15) is 0 Å². The molecule has 4 heteroatoms. The number of rotatable bonds is 7. The van der Waals surface area contributed by atoms with Crippen LogP contribution >= 0.6 is 0 Å². The molecule has 1 aliphatic carbocycles. The first-order valence-electron chi connectivity index (χ1n) is 7.03. The fourth-order valence-corrected chi connectivity index (χ4v) is 2.54. The van der Waals surface area contributed by atoms with Gasteiger partial charge in [-0.1, -0.05) is 26.7 Å². The SMILES string of the molecule is CCOC(=O)COCCNC1CCCCC1(C)C. The predicted octanol–water partition coefficient (Wildman–Crippen LogP) is 2.12. The van der Waals surface area contributed by atoms with Gasteiger partial charge in [0.2, 0.25) is 0 Å². The van der Waals surface area contributed by atoms with Crippen LogP contribution in [0.1, 0.15) is 46.5 Å². The molecule has 0 aliphatic heterocycles. The van der Waals surface area contributed by atoms with Crippen LogP contribution in [-0.4, -0.2) is 38.4 Å². The van der Waals surface area contributed by atoms with E-state index in [9.17, 15) is 4.79 Å². The van der Waals surface area contributed by atoms with E-state index in [0.29, 0.717) is 24.7 Å². The fourth-order valence-electron chi connectivity index (χ4n) is 2.54. The van der Waals surface area contributed by atoms with Crippen LogP contribution in [0.4, 0.5) is 0 Å². The highest BCUT2D eigenvalue weighted by molar-refractivity contribution is 5.70. The minimum absolute atomic E-state index is 0.0591. The summed E-state index contributed by atoms with van der Waals surface area (Å²) >= 11 is 0. The van der Waals surface area contributed by atoms with Gasteiger partial charge < -0.3 is 14.8 Å². The molecule has 0 heterocycles. The highest BCUT2D eigenvalue weighted by Crippen LogP contribution is 2.35. The maximum atomic E-state index is 11.0. The van der Waals surface area contributed by atoms with E-state index in [1.54, 1.807) is 6.92 Å². The topological polar surface area (TPSA) is 47.6 Å². The molecule has 18 heavy (non-hydrogen) atoms. The Balaban J connectivity index is 2.08. The second-order valence-corrected chi connectivity index (χ2v) is 5.60. The summed E-state index contributed by atoms with van der Waals surface area (Å²) in [5.41, 5.74) is 0.374. The van der Waals surface area contributed by atoms with Gasteiger partial charge in [0.1, 0.15) is 6.61 Å². The average Bonchev–Trinajstić information content (AvgIpc) is 2.30. The Morgan fingerprint density at radius 2 is 2.17 bits per heavy atom. The minimum atomic E-state index is -0.282. The van der Waals surface area contributed by atoms with Crippen LogP contribution in [0.25, 0.3) is 0 Å². The van der Waals surface area contributed by atoms with E-state index >= 15 is 0 Å². The molecule has 1 rings (SSSR count). The average molecular weight is 257 g/mol. The molecule has 1 aliphatic rings. The quantitative estimate of drug-likeness (QED) is 0.560. The number of esters is 1. The summed E-state index contributed by atoms with van der Waals surface area (Å²) < 4.78 is 10.1. The van der Waals surface area contributed by atoms with Crippen molar-refractivity contribution in [3.05, 3.63) is 0 Å². The van der Waals surface area contributed by atoms with Crippen LogP contribution in [0.15, 0.2) is 0 Å². The molecule has 1 fully saturated rings. The number of nitrogens with one attached hydrogen (secondary N) is 1. The van der Waals surface area contributed by atoms with E-state index in [4.69, 9.17) is 9.47 Å². The number of hydrogen-bond acceptors (Lipinski definition) is 4. The van der Waals surface area contributed by atoms with Crippen LogP contribution in [0, 0.1) is 5.41 Å². The fraction of sp³-hybridized carbons (Fsp3) is 0.929. The molecule has 0 aromatic heterocycles. The number of ether oxygens (including phenoxy) is 2. The molecule has 0 saturated heterocycles. The first kappa shape index (κ1) is 15.4. The largest absolute Gasteiger partial charge is 0.464 e. The molecule has 1 atom stereocenters. The molecular weight excluding hydrogens is 230 g/mol. The zero-order valence-corrected chi connectivity index (χ0v) is 12.0. The van der Waals surface area contributed by atoms with Crippen molar-refractivity contribution in [2.45, 2.75) is 52.5 Å². The monoisotopic (exact) mass is 257 g/mol. The van der Waals surface area contributed by atoms with Crippen molar-refractivity contribution in [1.82, 2.24) is 5.32 Å². The summed E-state index contributed by atoms with van der Waals surface area (Å²) in [6.45, 7) is 8.27. The standard InChI is InChI=1S/C14H27NO3/c1-4-18-13(16)11-17-10-9-15-12-7-5-6-8-14(12,2)3/h12,15H,4-11H2,1-3H3. The summed E-state index contributed by atoms with van der Waals surface area (Å²) in [5, 5.41) is 3.54. The van der Waals surface area contributed by atoms with E-state index in [-0.39, 0.29) is 12.6 Å².